The van der Waals surface area contributed by atoms with Gasteiger partial charge in [-0.1, -0.05) is 53.0 Å². The molecule has 0 aromatic heterocycles. The monoisotopic (exact) mass is 396 g/mol. The van der Waals surface area contributed by atoms with Gasteiger partial charge < -0.3 is 0 Å². The lowest BCUT2D eigenvalue weighted by Gasteiger charge is -2.07. The van der Waals surface area contributed by atoms with E-state index in [2.05, 4.69) is 4.99 Å². The smallest absolute Gasteiger partial charge is 0.266 e. The molecule has 3 nitrogen and oxygen atoms in total. The minimum atomic E-state index is -0.142. The average Bonchev–Trinajstić information content (AvgIpc) is 2.80. The quantitative estimate of drug-likeness (QED) is 0.593. The van der Waals surface area contributed by atoms with Crippen molar-refractivity contribution in [1.29, 1.82) is 0 Å². The summed E-state index contributed by atoms with van der Waals surface area (Å²) in [6.45, 7) is 0. The number of hydrogen-bond acceptors (Lipinski definition) is 3. The summed E-state index contributed by atoms with van der Waals surface area (Å²) in [5.41, 5.74) is 1.34. The molecular weight excluding hydrogens is 387 g/mol. The number of aliphatic imine (C=N–C) groups is 1. The van der Waals surface area contributed by atoms with Crippen LogP contribution in [0.2, 0.25) is 15.1 Å². The Bertz CT molecular complexity index is 880. The first-order chi connectivity index (χ1) is 11.5. The molecule has 0 bridgehead atoms. The molecule has 1 saturated heterocycles. The lowest BCUT2D eigenvalue weighted by Crippen LogP contribution is -2.23. The number of rotatable bonds is 2. The van der Waals surface area contributed by atoms with Gasteiger partial charge in [0.1, 0.15) is 0 Å². The second-order valence-corrected chi connectivity index (χ2v) is 7.25. The molecule has 0 unspecified atom stereocenters. The molecule has 1 amide bonds. The number of amides is 1. The molecule has 0 saturated carbocycles. The van der Waals surface area contributed by atoms with Crippen molar-refractivity contribution in [2.45, 2.75) is 0 Å². The van der Waals surface area contributed by atoms with Gasteiger partial charge in [0.05, 0.1) is 15.6 Å². The second-order valence-electron chi connectivity index (χ2n) is 4.99. The van der Waals surface area contributed by atoms with Gasteiger partial charge in [0.2, 0.25) is 0 Å². The van der Waals surface area contributed by atoms with Crippen LogP contribution in [0, 0.1) is 0 Å². The van der Waals surface area contributed by atoms with Crippen molar-refractivity contribution in [1.82, 2.24) is 4.90 Å². The largest absolute Gasteiger partial charge is 0.290 e. The molecule has 0 spiro atoms. The molecule has 0 aliphatic carbocycles. The lowest BCUT2D eigenvalue weighted by atomic mass is 10.2. The molecule has 1 fully saturated rings. The standard InChI is InChI=1S/C17H11Cl3N2OS/c1-22-16(23)15(8-10-6-7-11(18)9-13(10)20)24-17(22)21-14-5-3-2-4-12(14)19/h2-9H,1H3/b15-8+,21-17?. The molecule has 0 N–H and O–H groups in total. The zero-order valence-corrected chi connectivity index (χ0v) is 15.5. The molecule has 0 radical (unpaired) electrons. The second kappa shape index (κ2) is 7.19. The van der Waals surface area contributed by atoms with Crippen molar-refractivity contribution in [3.8, 4) is 0 Å². The third kappa shape index (κ3) is 3.62. The predicted molar refractivity (Wildman–Crippen MR) is 103 cm³/mol. The van der Waals surface area contributed by atoms with Gasteiger partial charge in [0.25, 0.3) is 5.91 Å². The highest BCUT2D eigenvalue weighted by Crippen LogP contribution is 2.35. The van der Waals surface area contributed by atoms with Crippen LogP contribution in [-0.2, 0) is 4.79 Å². The minimum absolute atomic E-state index is 0.142. The number of nitrogens with zero attached hydrogens (tertiary/aromatic N) is 2. The summed E-state index contributed by atoms with van der Waals surface area (Å²) in [4.78, 5) is 18.9. The molecule has 7 heteroatoms. The van der Waals surface area contributed by atoms with Gasteiger partial charge in [-0.3, -0.25) is 9.69 Å². The number of para-hydroxylation sites is 1. The van der Waals surface area contributed by atoms with Gasteiger partial charge in [-0.2, -0.15) is 0 Å². The highest BCUT2D eigenvalue weighted by atomic mass is 35.5. The van der Waals surface area contributed by atoms with E-state index in [0.29, 0.717) is 30.8 Å². The number of halogens is 3. The van der Waals surface area contributed by atoms with E-state index in [9.17, 15) is 4.79 Å². The van der Waals surface area contributed by atoms with Crippen molar-refractivity contribution in [3.05, 3.63) is 68.0 Å². The van der Waals surface area contributed by atoms with Crippen molar-refractivity contribution in [2.24, 2.45) is 4.99 Å². The molecule has 2 aromatic rings. The maximum absolute atomic E-state index is 12.4. The van der Waals surface area contributed by atoms with Gasteiger partial charge in [-0.25, -0.2) is 4.99 Å². The summed E-state index contributed by atoms with van der Waals surface area (Å²) in [5.74, 6) is -0.142. The van der Waals surface area contributed by atoms with Gasteiger partial charge in [0, 0.05) is 17.1 Å². The van der Waals surface area contributed by atoms with Gasteiger partial charge in [-0.15, -0.1) is 0 Å². The number of hydrogen-bond donors (Lipinski definition) is 0. The third-order valence-corrected chi connectivity index (χ3v) is 5.26. The van der Waals surface area contributed by atoms with Crippen molar-refractivity contribution < 1.29 is 4.79 Å². The van der Waals surface area contributed by atoms with E-state index in [0.717, 1.165) is 5.56 Å². The summed E-state index contributed by atoms with van der Waals surface area (Å²) in [7, 11) is 1.68. The molecule has 1 aliphatic heterocycles. The number of carbonyl (C=O) groups is 1. The van der Waals surface area contributed by atoms with E-state index in [1.165, 1.54) is 16.7 Å². The summed E-state index contributed by atoms with van der Waals surface area (Å²) < 4.78 is 0. The van der Waals surface area contributed by atoms with Gasteiger partial charge in [0.15, 0.2) is 5.17 Å². The number of carbonyl (C=O) groups excluding carboxylic acids is 1. The van der Waals surface area contributed by atoms with Crippen LogP contribution in [0.4, 0.5) is 5.69 Å². The molecule has 2 aromatic carbocycles. The van der Waals surface area contributed by atoms with Crippen LogP contribution in [0.3, 0.4) is 0 Å². The first-order valence-electron chi connectivity index (χ1n) is 6.91. The number of amidine groups is 1. The van der Waals surface area contributed by atoms with E-state index < -0.39 is 0 Å². The zero-order chi connectivity index (χ0) is 17.3. The van der Waals surface area contributed by atoms with E-state index in [-0.39, 0.29) is 5.91 Å². The number of thioether (sulfide) groups is 1. The Morgan fingerprint density at radius 1 is 1.08 bits per heavy atom. The molecule has 0 atom stereocenters. The molecule has 1 heterocycles. The fraction of sp³-hybridized carbons (Fsp3) is 0.0588. The molecule has 3 rings (SSSR count). The normalized spacial score (nSPS) is 18.0. The van der Waals surface area contributed by atoms with Gasteiger partial charge in [-0.05, 0) is 47.7 Å². The lowest BCUT2D eigenvalue weighted by molar-refractivity contribution is -0.121. The Kier molecular flexibility index (Phi) is 5.21. The van der Waals surface area contributed by atoms with E-state index in [1.54, 1.807) is 43.5 Å². The number of likely N-dealkylation sites (N-methyl/N-ethyl adjacent to an activating group) is 1. The van der Waals surface area contributed by atoms with E-state index >= 15 is 0 Å². The van der Waals surface area contributed by atoms with E-state index in [1.807, 2.05) is 12.1 Å². The van der Waals surface area contributed by atoms with Crippen LogP contribution in [0.5, 0.6) is 0 Å². The highest BCUT2D eigenvalue weighted by Gasteiger charge is 2.30. The zero-order valence-electron chi connectivity index (χ0n) is 12.5. The topological polar surface area (TPSA) is 32.7 Å². The van der Waals surface area contributed by atoms with Gasteiger partial charge >= 0.3 is 0 Å². The summed E-state index contributed by atoms with van der Waals surface area (Å²) >= 11 is 19.5. The van der Waals surface area contributed by atoms with Crippen LogP contribution >= 0.6 is 46.6 Å². The molecule has 24 heavy (non-hydrogen) atoms. The summed E-state index contributed by atoms with van der Waals surface area (Å²) in [5, 5.41) is 2.13. The Morgan fingerprint density at radius 2 is 1.83 bits per heavy atom. The predicted octanol–water partition coefficient (Wildman–Crippen LogP) is 5.88. The average molecular weight is 398 g/mol. The Hall–Kier alpha value is -1.46. The van der Waals surface area contributed by atoms with Crippen LogP contribution in [-0.4, -0.2) is 23.0 Å². The van der Waals surface area contributed by atoms with E-state index in [4.69, 9.17) is 34.8 Å². The fourth-order valence-corrected chi connectivity index (χ4v) is 3.67. The Balaban J connectivity index is 1.94. The Morgan fingerprint density at radius 3 is 2.54 bits per heavy atom. The van der Waals surface area contributed by atoms with Crippen molar-refractivity contribution in [3.63, 3.8) is 0 Å². The molecule has 1 aliphatic rings. The SMILES string of the molecule is CN1C(=O)/C(=C\c2ccc(Cl)cc2Cl)SC1=Nc1ccccc1Cl. The first-order valence-corrected chi connectivity index (χ1v) is 8.86. The summed E-state index contributed by atoms with van der Waals surface area (Å²) in [6, 6.07) is 12.4. The van der Waals surface area contributed by atoms with Crippen LogP contribution in [0.15, 0.2) is 52.4 Å². The van der Waals surface area contributed by atoms with Crippen LogP contribution in [0.25, 0.3) is 6.08 Å². The highest BCUT2D eigenvalue weighted by molar-refractivity contribution is 8.18. The fourth-order valence-electron chi connectivity index (χ4n) is 2.06. The molecule has 122 valence electrons. The van der Waals surface area contributed by atoms with Crippen molar-refractivity contribution >= 4 is 69.4 Å². The maximum Gasteiger partial charge on any atom is 0.266 e. The molecular formula is C17H11Cl3N2OS. The minimum Gasteiger partial charge on any atom is -0.290 e. The Labute approximate surface area is 158 Å². The maximum atomic E-state index is 12.4. The third-order valence-electron chi connectivity index (χ3n) is 3.32. The number of benzene rings is 2. The first kappa shape index (κ1) is 17.4. The van der Waals surface area contributed by atoms with Crippen LogP contribution in [0.1, 0.15) is 5.56 Å². The van der Waals surface area contributed by atoms with Crippen LogP contribution < -0.4 is 0 Å². The van der Waals surface area contributed by atoms with Crippen molar-refractivity contribution in [2.75, 3.05) is 7.05 Å². The summed E-state index contributed by atoms with van der Waals surface area (Å²) in [6.07, 6.45) is 1.73.